The molecular weight excluding hydrogens is 183 g/mol. The first-order valence-corrected chi connectivity index (χ1v) is 4.72. The SMILES string of the molecule is CCC(C)Oc1cc(F)cc(CO)c1. The molecule has 0 radical (unpaired) electrons. The second-order valence-corrected chi connectivity index (χ2v) is 3.29. The lowest BCUT2D eigenvalue weighted by atomic mass is 10.2. The molecule has 3 heteroatoms. The molecule has 1 N–H and O–H groups in total. The van der Waals surface area contributed by atoms with Crippen LogP contribution in [0.4, 0.5) is 4.39 Å². The minimum atomic E-state index is -0.380. The topological polar surface area (TPSA) is 29.5 Å². The highest BCUT2D eigenvalue weighted by molar-refractivity contribution is 5.29. The molecule has 1 atom stereocenters. The molecule has 0 aliphatic carbocycles. The number of hydrogen-bond donors (Lipinski definition) is 1. The van der Waals surface area contributed by atoms with Crippen molar-refractivity contribution in [2.75, 3.05) is 0 Å². The third-order valence-corrected chi connectivity index (χ3v) is 2.03. The Morgan fingerprint density at radius 3 is 2.71 bits per heavy atom. The molecule has 0 fully saturated rings. The largest absolute Gasteiger partial charge is 0.491 e. The Hall–Kier alpha value is -1.09. The number of hydrogen-bond acceptors (Lipinski definition) is 2. The summed E-state index contributed by atoms with van der Waals surface area (Å²) in [7, 11) is 0. The first-order chi connectivity index (χ1) is 6.65. The summed E-state index contributed by atoms with van der Waals surface area (Å²) in [6.45, 7) is 3.75. The summed E-state index contributed by atoms with van der Waals surface area (Å²) in [4.78, 5) is 0. The zero-order chi connectivity index (χ0) is 10.6. The molecule has 78 valence electrons. The predicted octanol–water partition coefficient (Wildman–Crippen LogP) is 2.50. The van der Waals surface area contributed by atoms with E-state index in [0.717, 1.165) is 6.42 Å². The normalized spacial score (nSPS) is 12.6. The van der Waals surface area contributed by atoms with Gasteiger partial charge in [0.25, 0.3) is 0 Å². The third kappa shape index (κ3) is 3.00. The zero-order valence-corrected chi connectivity index (χ0v) is 8.46. The highest BCUT2D eigenvalue weighted by Gasteiger charge is 2.04. The zero-order valence-electron chi connectivity index (χ0n) is 8.46. The van der Waals surface area contributed by atoms with Crippen LogP contribution >= 0.6 is 0 Å². The van der Waals surface area contributed by atoms with Gasteiger partial charge in [0.15, 0.2) is 0 Å². The van der Waals surface area contributed by atoms with Crippen LogP contribution in [0, 0.1) is 5.82 Å². The van der Waals surface area contributed by atoms with E-state index >= 15 is 0 Å². The maximum atomic E-state index is 13.0. The molecule has 0 aliphatic rings. The number of aliphatic hydroxyl groups excluding tert-OH is 1. The molecule has 2 nitrogen and oxygen atoms in total. The molecule has 14 heavy (non-hydrogen) atoms. The Morgan fingerprint density at radius 2 is 2.14 bits per heavy atom. The van der Waals surface area contributed by atoms with Gasteiger partial charge < -0.3 is 9.84 Å². The number of ether oxygens (including phenoxy) is 1. The minimum Gasteiger partial charge on any atom is -0.491 e. The van der Waals surface area contributed by atoms with Crippen LogP contribution in [0.25, 0.3) is 0 Å². The van der Waals surface area contributed by atoms with Crippen molar-refractivity contribution in [3.63, 3.8) is 0 Å². The van der Waals surface area contributed by atoms with Gasteiger partial charge in [0.2, 0.25) is 0 Å². The Labute approximate surface area is 83.3 Å². The van der Waals surface area contributed by atoms with Crippen molar-refractivity contribution in [3.8, 4) is 5.75 Å². The van der Waals surface area contributed by atoms with Crippen molar-refractivity contribution < 1.29 is 14.2 Å². The van der Waals surface area contributed by atoms with Crippen LogP contribution in [0.2, 0.25) is 0 Å². The molecule has 0 saturated carbocycles. The van der Waals surface area contributed by atoms with Gasteiger partial charge in [-0.05, 0) is 31.0 Å². The van der Waals surface area contributed by atoms with E-state index in [9.17, 15) is 4.39 Å². The van der Waals surface area contributed by atoms with Crippen molar-refractivity contribution in [2.24, 2.45) is 0 Å². The maximum absolute atomic E-state index is 13.0. The van der Waals surface area contributed by atoms with Gasteiger partial charge in [0.1, 0.15) is 11.6 Å². The highest BCUT2D eigenvalue weighted by Crippen LogP contribution is 2.18. The first-order valence-electron chi connectivity index (χ1n) is 4.72. The van der Waals surface area contributed by atoms with Crippen molar-refractivity contribution in [3.05, 3.63) is 29.6 Å². The molecule has 0 bridgehead atoms. The molecule has 1 aromatic carbocycles. The van der Waals surface area contributed by atoms with Crippen molar-refractivity contribution in [1.29, 1.82) is 0 Å². The highest BCUT2D eigenvalue weighted by atomic mass is 19.1. The molecule has 0 saturated heterocycles. The Balaban J connectivity index is 2.81. The lowest BCUT2D eigenvalue weighted by Gasteiger charge is -2.13. The second kappa shape index (κ2) is 4.96. The Kier molecular flexibility index (Phi) is 3.89. The second-order valence-electron chi connectivity index (χ2n) is 3.29. The van der Waals surface area contributed by atoms with Gasteiger partial charge in [-0.25, -0.2) is 4.39 Å². The van der Waals surface area contributed by atoms with Gasteiger partial charge in [-0.3, -0.25) is 0 Å². The van der Waals surface area contributed by atoms with Gasteiger partial charge in [0.05, 0.1) is 12.7 Å². The van der Waals surface area contributed by atoms with Crippen molar-refractivity contribution in [2.45, 2.75) is 33.0 Å². The van der Waals surface area contributed by atoms with Crippen molar-refractivity contribution in [1.82, 2.24) is 0 Å². The molecular formula is C11H15FO2. The van der Waals surface area contributed by atoms with E-state index in [4.69, 9.17) is 9.84 Å². The molecule has 1 rings (SSSR count). The van der Waals surface area contributed by atoms with E-state index in [0.29, 0.717) is 11.3 Å². The van der Waals surface area contributed by atoms with Gasteiger partial charge in [0, 0.05) is 6.07 Å². The van der Waals surface area contributed by atoms with E-state index in [2.05, 4.69) is 0 Å². The summed E-state index contributed by atoms with van der Waals surface area (Å²) in [5.41, 5.74) is 0.531. The van der Waals surface area contributed by atoms with Crippen LogP contribution in [0.5, 0.6) is 5.75 Å². The first kappa shape index (κ1) is 11.0. The maximum Gasteiger partial charge on any atom is 0.127 e. The fraction of sp³-hybridized carbons (Fsp3) is 0.455. The summed E-state index contributed by atoms with van der Waals surface area (Å²) in [5, 5.41) is 8.86. The predicted molar refractivity (Wildman–Crippen MR) is 52.7 cm³/mol. The Morgan fingerprint density at radius 1 is 1.43 bits per heavy atom. The molecule has 0 amide bonds. The number of benzene rings is 1. The summed E-state index contributed by atoms with van der Waals surface area (Å²) < 4.78 is 18.4. The van der Waals surface area contributed by atoms with Crippen LogP contribution in [0.15, 0.2) is 18.2 Å². The van der Waals surface area contributed by atoms with Crippen LogP contribution in [-0.2, 0) is 6.61 Å². The van der Waals surface area contributed by atoms with E-state index in [1.807, 2.05) is 13.8 Å². The van der Waals surface area contributed by atoms with Crippen LogP contribution < -0.4 is 4.74 Å². The fourth-order valence-electron chi connectivity index (χ4n) is 1.10. The molecule has 0 heterocycles. The van der Waals surface area contributed by atoms with Crippen LogP contribution in [-0.4, -0.2) is 11.2 Å². The summed E-state index contributed by atoms with van der Waals surface area (Å²) >= 11 is 0. The van der Waals surface area contributed by atoms with Crippen LogP contribution in [0.3, 0.4) is 0 Å². The van der Waals surface area contributed by atoms with Gasteiger partial charge in [-0.1, -0.05) is 6.92 Å². The summed E-state index contributed by atoms with van der Waals surface area (Å²) in [6, 6.07) is 4.27. The molecule has 1 aromatic rings. The van der Waals surface area contributed by atoms with Crippen LogP contribution in [0.1, 0.15) is 25.8 Å². The molecule has 0 spiro atoms. The number of rotatable bonds is 4. The quantitative estimate of drug-likeness (QED) is 0.805. The molecule has 0 aromatic heterocycles. The van der Waals surface area contributed by atoms with Gasteiger partial charge in [-0.2, -0.15) is 0 Å². The smallest absolute Gasteiger partial charge is 0.127 e. The average Bonchev–Trinajstić information content (AvgIpc) is 2.16. The summed E-state index contributed by atoms with van der Waals surface area (Å²) in [5.74, 6) is 0.0956. The van der Waals surface area contributed by atoms with E-state index in [-0.39, 0.29) is 18.5 Å². The average molecular weight is 198 g/mol. The standard InChI is InChI=1S/C11H15FO2/c1-3-8(2)14-11-5-9(7-13)4-10(12)6-11/h4-6,8,13H,3,7H2,1-2H3. The third-order valence-electron chi connectivity index (χ3n) is 2.03. The fourth-order valence-corrected chi connectivity index (χ4v) is 1.10. The lowest BCUT2D eigenvalue weighted by molar-refractivity contribution is 0.215. The van der Waals surface area contributed by atoms with Crippen molar-refractivity contribution >= 4 is 0 Å². The lowest BCUT2D eigenvalue weighted by Crippen LogP contribution is -2.10. The monoisotopic (exact) mass is 198 g/mol. The Bertz CT molecular complexity index is 299. The van der Waals surface area contributed by atoms with E-state index < -0.39 is 0 Å². The van der Waals surface area contributed by atoms with E-state index in [1.54, 1.807) is 6.07 Å². The van der Waals surface area contributed by atoms with Gasteiger partial charge >= 0.3 is 0 Å². The number of aliphatic hydroxyl groups is 1. The van der Waals surface area contributed by atoms with E-state index in [1.165, 1.54) is 12.1 Å². The molecule has 0 aliphatic heterocycles. The summed E-state index contributed by atoms with van der Waals surface area (Å²) in [6.07, 6.45) is 0.925. The van der Waals surface area contributed by atoms with Gasteiger partial charge in [-0.15, -0.1) is 0 Å². The minimum absolute atomic E-state index is 0.0587. The molecule has 1 unspecified atom stereocenters. The number of halogens is 1.